The van der Waals surface area contributed by atoms with Crippen LogP contribution < -0.4 is 5.32 Å². The fourth-order valence-corrected chi connectivity index (χ4v) is 3.78. The smallest absolute Gasteiger partial charge is 0.335 e. The summed E-state index contributed by atoms with van der Waals surface area (Å²) >= 11 is 0. The Morgan fingerprint density at radius 2 is 1.76 bits per heavy atom. The van der Waals surface area contributed by atoms with Crippen molar-refractivity contribution in [2.24, 2.45) is 0 Å². The summed E-state index contributed by atoms with van der Waals surface area (Å²) in [5.74, 6) is -0.937. The number of nitrogens with one attached hydrogen (secondary N) is 1. The van der Waals surface area contributed by atoms with Crippen LogP contribution in [0.15, 0.2) is 24.3 Å². The second-order valence-electron chi connectivity index (χ2n) is 7.01. The number of benzene rings is 1. The second-order valence-corrected chi connectivity index (χ2v) is 7.01. The van der Waals surface area contributed by atoms with E-state index in [0.29, 0.717) is 12.6 Å². The maximum Gasteiger partial charge on any atom is 0.335 e. The molecule has 136 valence electrons. The first-order valence-corrected chi connectivity index (χ1v) is 9.22. The van der Waals surface area contributed by atoms with Gasteiger partial charge < -0.3 is 20.2 Å². The van der Waals surface area contributed by atoms with Crippen LogP contribution in [0, 0.1) is 0 Å². The Bertz CT molecular complexity index is 596. The average molecular weight is 345 g/mol. The predicted octanol–water partition coefficient (Wildman–Crippen LogP) is 2.54. The highest BCUT2D eigenvalue weighted by atomic mass is 16.4. The summed E-state index contributed by atoms with van der Waals surface area (Å²) in [4.78, 5) is 27.9. The van der Waals surface area contributed by atoms with E-state index in [1.54, 1.807) is 24.3 Å². The van der Waals surface area contributed by atoms with Gasteiger partial charge in [-0.25, -0.2) is 9.59 Å². The molecule has 6 nitrogen and oxygen atoms in total. The molecule has 2 N–H and O–H groups in total. The lowest BCUT2D eigenvalue weighted by atomic mass is 10.1. The first-order chi connectivity index (χ1) is 12.1. The molecular weight excluding hydrogens is 318 g/mol. The van der Waals surface area contributed by atoms with E-state index in [4.69, 9.17) is 5.11 Å². The van der Waals surface area contributed by atoms with Crippen LogP contribution in [0.1, 0.15) is 48.0 Å². The van der Waals surface area contributed by atoms with E-state index in [2.05, 4.69) is 10.2 Å². The van der Waals surface area contributed by atoms with Gasteiger partial charge in [0, 0.05) is 25.7 Å². The van der Waals surface area contributed by atoms with Gasteiger partial charge in [-0.15, -0.1) is 0 Å². The largest absolute Gasteiger partial charge is 0.478 e. The van der Waals surface area contributed by atoms with Crippen LogP contribution in [0.3, 0.4) is 0 Å². The molecule has 1 atom stereocenters. The van der Waals surface area contributed by atoms with Crippen LogP contribution in [0.25, 0.3) is 0 Å². The molecule has 2 heterocycles. The zero-order valence-electron chi connectivity index (χ0n) is 14.6. The molecule has 6 heteroatoms. The Morgan fingerprint density at radius 3 is 2.44 bits per heavy atom. The lowest BCUT2D eigenvalue weighted by molar-refractivity contribution is 0.0697. The van der Waals surface area contributed by atoms with Gasteiger partial charge in [0.15, 0.2) is 0 Å². The number of carboxylic acid groups (broad SMARTS) is 1. The Hall–Kier alpha value is -2.08. The highest BCUT2D eigenvalue weighted by Crippen LogP contribution is 2.20. The van der Waals surface area contributed by atoms with Gasteiger partial charge in [0.25, 0.3) is 0 Å². The van der Waals surface area contributed by atoms with E-state index in [1.165, 1.54) is 19.3 Å². The number of hydrogen-bond donors (Lipinski definition) is 2. The standard InChI is InChI=1S/C19H27N3O3/c23-18(24)16-8-6-15(7-9-16)13-20-19(25)22-12-4-5-17(22)14-21-10-2-1-3-11-21/h6-9,17H,1-5,10-14H2,(H,20,25)(H,23,24). The topological polar surface area (TPSA) is 72.9 Å². The first kappa shape index (κ1) is 17.7. The van der Waals surface area contributed by atoms with Gasteiger partial charge in [0.2, 0.25) is 0 Å². The first-order valence-electron chi connectivity index (χ1n) is 9.22. The van der Waals surface area contributed by atoms with Gasteiger partial charge >= 0.3 is 12.0 Å². The molecule has 0 radical (unpaired) electrons. The van der Waals surface area contributed by atoms with E-state index in [9.17, 15) is 9.59 Å². The van der Waals surface area contributed by atoms with Crippen LogP contribution in [-0.4, -0.2) is 59.1 Å². The van der Waals surface area contributed by atoms with Gasteiger partial charge in [0.1, 0.15) is 0 Å². The van der Waals surface area contributed by atoms with Crippen LogP contribution in [0.2, 0.25) is 0 Å². The molecule has 3 rings (SSSR count). The van der Waals surface area contributed by atoms with E-state index in [1.807, 2.05) is 4.90 Å². The summed E-state index contributed by atoms with van der Waals surface area (Å²) in [5, 5.41) is 11.9. The van der Waals surface area contributed by atoms with Gasteiger partial charge in [-0.1, -0.05) is 18.6 Å². The summed E-state index contributed by atoms with van der Waals surface area (Å²) in [5.41, 5.74) is 1.17. The Labute approximate surface area is 148 Å². The van der Waals surface area contributed by atoms with Crippen LogP contribution >= 0.6 is 0 Å². The average Bonchev–Trinajstić information content (AvgIpc) is 3.09. The number of aromatic carboxylic acids is 1. The third-order valence-corrected chi connectivity index (χ3v) is 5.20. The van der Waals surface area contributed by atoms with Crippen molar-refractivity contribution in [1.29, 1.82) is 0 Å². The summed E-state index contributed by atoms with van der Waals surface area (Å²) in [7, 11) is 0. The molecule has 2 saturated heterocycles. The van der Waals surface area contributed by atoms with E-state index < -0.39 is 5.97 Å². The molecule has 0 bridgehead atoms. The van der Waals surface area contributed by atoms with Gasteiger partial charge in [-0.05, 0) is 56.5 Å². The highest BCUT2D eigenvalue weighted by Gasteiger charge is 2.30. The summed E-state index contributed by atoms with van der Waals surface area (Å²) in [6, 6.07) is 6.93. The molecule has 1 unspecified atom stereocenters. The number of carbonyl (C=O) groups excluding carboxylic acids is 1. The quantitative estimate of drug-likeness (QED) is 0.860. The molecule has 25 heavy (non-hydrogen) atoms. The Kier molecular flexibility index (Phi) is 5.91. The number of rotatable bonds is 5. The zero-order chi connectivity index (χ0) is 17.6. The van der Waals surface area contributed by atoms with E-state index in [0.717, 1.165) is 44.6 Å². The molecule has 0 aliphatic carbocycles. The summed E-state index contributed by atoms with van der Waals surface area (Å²) < 4.78 is 0. The van der Waals surface area contributed by atoms with Crippen LogP contribution in [-0.2, 0) is 6.54 Å². The molecule has 2 aliphatic rings. The maximum absolute atomic E-state index is 12.5. The Morgan fingerprint density at radius 1 is 1.04 bits per heavy atom. The molecule has 0 saturated carbocycles. The molecule has 2 aliphatic heterocycles. The van der Waals surface area contributed by atoms with Crippen molar-refractivity contribution in [2.75, 3.05) is 26.2 Å². The van der Waals surface area contributed by atoms with Crippen LogP contribution in [0.5, 0.6) is 0 Å². The molecular formula is C19H27N3O3. The molecule has 0 spiro atoms. The molecule has 1 aromatic rings. The zero-order valence-corrected chi connectivity index (χ0v) is 14.6. The number of carbonyl (C=O) groups is 2. The molecule has 1 aromatic carbocycles. The molecule has 0 aromatic heterocycles. The monoisotopic (exact) mass is 345 g/mol. The minimum atomic E-state index is -0.937. The van der Waals surface area contributed by atoms with E-state index >= 15 is 0 Å². The van der Waals surface area contributed by atoms with Crippen molar-refractivity contribution in [3.8, 4) is 0 Å². The second kappa shape index (κ2) is 8.34. The number of nitrogens with zero attached hydrogens (tertiary/aromatic N) is 2. The van der Waals surface area contributed by atoms with Crippen molar-refractivity contribution in [1.82, 2.24) is 15.1 Å². The normalized spacial score (nSPS) is 21.3. The van der Waals surface area contributed by atoms with Crippen molar-refractivity contribution in [3.05, 3.63) is 35.4 Å². The number of carboxylic acids is 1. The molecule has 2 fully saturated rings. The third kappa shape index (κ3) is 4.72. The van der Waals surface area contributed by atoms with Crippen molar-refractivity contribution >= 4 is 12.0 Å². The van der Waals surface area contributed by atoms with Crippen molar-refractivity contribution in [2.45, 2.75) is 44.7 Å². The maximum atomic E-state index is 12.5. The van der Waals surface area contributed by atoms with Gasteiger partial charge in [-0.2, -0.15) is 0 Å². The number of likely N-dealkylation sites (tertiary alicyclic amines) is 2. The fourth-order valence-electron chi connectivity index (χ4n) is 3.78. The third-order valence-electron chi connectivity index (χ3n) is 5.20. The predicted molar refractivity (Wildman–Crippen MR) is 95.7 cm³/mol. The minimum absolute atomic E-state index is 0.0122. The van der Waals surface area contributed by atoms with E-state index in [-0.39, 0.29) is 11.6 Å². The van der Waals surface area contributed by atoms with Gasteiger partial charge in [0.05, 0.1) is 5.56 Å². The van der Waals surface area contributed by atoms with Crippen molar-refractivity contribution in [3.63, 3.8) is 0 Å². The minimum Gasteiger partial charge on any atom is -0.478 e. The Balaban J connectivity index is 1.50. The SMILES string of the molecule is O=C(O)c1ccc(CNC(=O)N2CCCC2CN2CCCCC2)cc1. The lowest BCUT2D eigenvalue weighted by Gasteiger charge is -2.33. The number of piperidine rings is 1. The van der Waals surface area contributed by atoms with Crippen LogP contribution in [0.4, 0.5) is 4.79 Å². The number of amides is 2. The number of urea groups is 1. The lowest BCUT2D eigenvalue weighted by Crippen LogP contribution is -2.48. The molecule has 2 amide bonds. The number of hydrogen-bond acceptors (Lipinski definition) is 3. The van der Waals surface area contributed by atoms with Crippen molar-refractivity contribution < 1.29 is 14.7 Å². The highest BCUT2D eigenvalue weighted by molar-refractivity contribution is 5.87. The van der Waals surface area contributed by atoms with Gasteiger partial charge in [-0.3, -0.25) is 0 Å². The summed E-state index contributed by atoms with van der Waals surface area (Å²) in [6.07, 6.45) is 6.01. The fraction of sp³-hybridized carbons (Fsp3) is 0.579. The summed E-state index contributed by atoms with van der Waals surface area (Å²) in [6.45, 7) is 4.54.